The number of aromatic hydroxyl groups is 1. The molecule has 0 heterocycles. The molecular weight excluding hydrogens is 272 g/mol. The van der Waals surface area contributed by atoms with Crippen molar-refractivity contribution in [3.05, 3.63) is 59.4 Å². The number of allylic oxidation sites excluding steroid dienone is 2. The Morgan fingerprint density at radius 1 is 1.24 bits per heavy atom. The predicted octanol–water partition coefficient (Wildman–Crippen LogP) is 2.43. The fourth-order valence-corrected chi connectivity index (χ4v) is 2.07. The largest absolute Gasteiger partial charge is 0.508 e. The number of hydrogen-bond acceptors (Lipinski definition) is 5. The Morgan fingerprint density at radius 2 is 1.90 bits per heavy atom. The number of aliphatic hydroxyl groups excluding tert-OH is 1. The van der Waals surface area contributed by atoms with Gasteiger partial charge in [-0.15, -0.1) is 0 Å². The summed E-state index contributed by atoms with van der Waals surface area (Å²) in [5.41, 5.74) is 1.45. The third-order valence-electron chi connectivity index (χ3n) is 2.87. The number of carbonyl (C=O) groups excluding carboxylic acids is 1. The second-order valence-corrected chi connectivity index (χ2v) is 4.83. The third-order valence-corrected chi connectivity index (χ3v) is 2.87. The van der Waals surface area contributed by atoms with Crippen LogP contribution in [0, 0.1) is 0 Å². The number of rotatable bonds is 3. The minimum absolute atomic E-state index is 0.0468. The highest BCUT2D eigenvalue weighted by Crippen LogP contribution is 2.28. The minimum Gasteiger partial charge on any atom is -0.508 e. The summed E-state index contributed by atoms with van der Waals surface area (Å²) < 4.78 is 4.82. The lowest BCUT2D eigenvalue weighted by Crippen LogP contribution is -2.34. The molecule has 0 amide bonds. The summed E-state index contributed by atoms with van der Waals surface area (Å²) >= 11 is 0. The zero-order chi connectivity index (χ0) is 15.5. The van der Waals surface area contributed by atoms with Crippen molar-refractivity contribution in [1.82, 2.24) is 0 Å². The van der Waals surface area contributed by atoms with E-state index in [9.17, 15) is 20.1 Å². The van der Waals surface area contributed by atoms with Gasteiger partial charge < -0.3 is 20.1 Å². The van der Waals surface area contributed by atoms with Crippen molar-refractivity contribution in [1.29, 1.82) is 0 Å². The number of hydrogen-bond donors (Lipinski definition) is 3. The molecule has 0 aliphatic heterocycles. The normalized spacial score (nSPS) is 21.8. The van der Waals surface area contributed by atoms with Crippen LogP contribution < -0.4 is 0 Å². The maximum absolute atomic E-state index is 11.0. The molecule has 2 rings (SSSR count). The van der Waals surface area contributed by atoms with E-state index in [4.69, 9.17) is 4.74 Å². The molecule has 0 saturated heterocycles. The molecule has 0 fully saturated rings. The van der Waals surface area contributed by atoms with E-state index in [2.05, 4.69) is 0 Å². The molecule has 5 heteroatoms. The first-order valence-corrected chi connectivity index (χ1v) is 6.38. The first-order chi connectivity index (χ1) is 9.86. The van der Waals surface area contributed by atoms with Gasteiger partial charge in [0, 0.05) is 19.4 Å². The van der Waals surface area contributed by atoms with Crippen molar-refractivity contribution in [2.24, 2.45) is 0 Å². The Bertz CT molecular complexity index is 625. The topological polar surface area (TPSA) is 87.0 Å². The Balaban J connectivity index is 2.15. The molecule has 1 aliphatic carbocycles. The van der Waals surface area contributed by atoms with E-state index in [1.807, 2.05) is 0 Å². The number of ether oxygens (including phenoxy) is 1. The Kier molecular flexibility index (Phi) is 4.14. The number of esters is 1. The zero-order valence-corrected chi connectivity index (χ0v) is 11.5. The summed E-state index contributed by atoms with van der Waals surface area (Å²) in [7, 11) is 0. The van der Waals surface area contributed by atoms with Gasteiger partial charge in [0.1, 0.15) is 11.5 Å². The molecule has 3 N–H and O–H groups in total. The van der Waals surface area contributed by atoms with Gasteiger partial charge in [-0.25, -0.2) is 0 Å². The summed E-state index contributed by atoms with van der Waals surface area (Å²) in [6.45, 7) is 1.19. The molecule has 0 radical (unpaired) electrons. The van der Waals surface area contributed by atoms with Gasteiger partial charge in [0.15, 0.2) is 0 Å². The smallest absolute Gasteiger partial charge is 0.305 e. The molecule has 1 aromatic rings. The van der Waals surface area contributed by atoms with E-state index < -0.39 is 11.8 Å². The molecule has 1 atom stereocenters. The average molecular weight is 288 g/mol. The lowest BCUT2D eigenvalue weighted by Gasteiger charge is -2.27. The van der Waals surface area contributed by atoms with Gasteiger partial charge in [0.05, 0.1) is 0 Å². The van der Waals surface area contributed by atoms with E-state index in [1.54, 1.807) is 36.4 Å². The molecule has 5 nitrogen and oxygen atoms in total. The second kappa shape index (κ2) is 5.85. The van der Waals surface area contributed by atoms with E-state index in [0.29, 0.717) is 5.57 Å². The molecule has 0 spiro atoms. The monoisotopic (exact) mass is 288 g/mol. The molecule has 21 heavy (non-hydrogen) atoms. The fraction of sp³-hybridized carbons (Fsp3) is 0.188. The highest BCUT2D eigenvalue weighted by Gasteiger charge is 2.32. The van der Waals surface area contributed by atoms with Gasteiger partial charge in [-0.2, -0.15) is 0 Å². The van der Waals surface area contributed by atoms with Crippen LogP contribution in [0.4, 0.5) is 0 Å². The summed E-state index contributed by atoms with van der Waals surface area (Å²) in [5.74, 6) is -2.46. The van der Waals surface area contributed by atoms with Crippen LogP contribution in [-0.4, -0.2) is 27.1 Å². The number of benzene rings is 1. The number of aliphatic hydroxyl groups is 2. The maximum Gasteiger partial charge on any atom is 0.305 e. The van der Waals surface area contributed by atoms with Crippen LogP contribution in [0.2, 0.25) is 0 Å². The van der Waals surface area contributed by atoms with Gasteiger partial charge in [0.25, 0.3) is 0 Å². The van der Waals surface area contributed by atoms with E-state index in [1.165, 1.54) is 13.0 Å². The van der Waals surface area contributed by atoms with Crippen LogP contribution in [0.15, 0.2) is 53.8 Å². The van der Waals surface area contributed by atoms with Crippen molar-refractivity contribution in [3.63, 3.8) is 0 Å². The molecule has 0 aromatic heterocycles. The van der Waals surface area contributed by atoms with Crippen LogP contribution in [-0.2, 0) is 9.53 Å². The molecular formula is C16H16O5. The van der Waals surface area contributed by atoms with Crippen LogP contribution in [0.5, 0.6) is 5.75 Å². The second-order valence-electron chi connectivity index (χ2n) is 4.83. The van der Waals surface area contributed by atoms with Crippen LogP contribution in [0.25, 0.3) is 6.08 Å². The Morgan fingerprint density at radius 3 is 2.52 bits per heavy atom. The summed E-state index contributed by atoms with van der Waals surface area (Å²) in [4.78, 5) is 11.0. The number of phenolic OH excluding ortho intramolecular Hbond substituents is 1. The van der Waals surface area contributed by atoms with Crippen LogP contribution in [0.3, 0.4) is 0 Å². The van der Waals surface area contributed by atoms with Gasteiger partial charge in [-0.05, 0) is 29.3 Å². The third kappa shape index (κ3) is 4.22. The van der Waals surface area contributed by atoms with E-state index in [0.717, 1.165) is 11.6 Å². The Hall–Kier alpha value is -2.53. The summed E-state index contributed by atoms with van der Waals surface area (Å²) in [6, 6.07) is 6.56. The maximum atomic E-state index is 11.0. The first kappa shape index (κ1) is 14.9. The molecule has 0 saturated carbocycles. The van der Waals surface area contributed by atoms with Crippen LogP contribution in [0.1, 0.15) is 18.9 Å². The van der Waals surface area contributed by atoms with E-state index >= 15 is 0 Å². The van der Waals surface area contributed by atoms with Gasteiger partial charge in [0.2, 0.25) is 5.79 Å². The van der Waals surface area contributed by atoms with Gasteiger partial charge in [-0.1, -0.05) is 24.3 Å². The SMILES string of the molecule is CC(=O)OC1(O)C=C(O)C=C(C=Cc2ccc(O)cc2)C1. The van der Waals surface area contributed by atoms with Crippen molar-refractivity contribution >= 4 is 12.0 Å². The molecule has 1 aliphatic rings. The van der Waals surface area contributed by atoms with Gasteiger partial charge in [-0.3, -0.25) is 4.79 Å². The van der Waals surface area contributed by atoms with Crippen molar-refractivity contribution in [2.45, 2.75) is 19.1 Å². The van der Waals surface area contributed by atoms with Crippen molar-refractivity contribution < 1.29 is 24.9 Å². The lowest BCUT2D eigenvalue weighted by atomic mass is 9.97. The molecule has 1 aromatic carbocycles. The average Bonchev–Trinajstić information content (AvgIpc) is 2.35. The predicted molar refractivity (Wildman–Crippen MR) is 77.3 cm³/mol. The molecule has 1 unspecified atom stereocenters. The lowest BCUT2D eigenvalue weighted by molar-refractivity contribution is -0.188. The zero-order valence-electron chi connectivity index (χ0n) is 11.5. The van der Waals surface area contributed by atoms with Crippen molar-refractivity contribution in [2.75, 3.05) is 0 Å². The Labute approximate surface area is 122 Å². The fourth-order valence-electron chi connectivity index (χ4n) is 2.07. The standard InChI is InChI=1S/C16H16O5/c1-11(17)21-16(20)9-13(8-15(19)10-16)3-2-12-4-6-14(18)7-5-12/h2-8,10,18-20H,9H2,1H3. The number of carbonyl (C=O) groups is 1. The molecule has 110 valence electrons. The van der Waals surface area contributed by atoms with E-state index in [-0.39, 0.29) is 17.9 Å². The minimum atomic E-state index is -1.83. The van der Waals surface area contributed by atoms with Gasteiger partial charge >= 0.3 is 5.97 Å². The van der Waals surface area contributed by atoms with Crippen LogP contribution >= 0.6 is 0 Å². The highest BCUT2D eigenvalue weighted by atomic mass is 16.7. The molecule has 0 bridgehead atoms. The first-order valence-electron chi connectivity index (χ1n) is 6.38. The highest BCUT2D eigenvalue weighted by molar-refractivity contribution is 5.67. The number of phenols is 1. The quantitative estimate of drug-likeness (QED) is 0.587. The van der Waals surface area contributed by atoms with Crippen molar-refractivity contribution in [3.8, 4) is 5.75 Å². The summed E-state index contributed by atoms with van der Waals surface area (Å²) in [5, 5.41) is 29.0. The summed E-state index contributed by atoms with van der Waals surface area (Å²) in [6.07, 6.45) is 6.08.